The number of amides is 1. The van der Waals surface area contributed by atoms with Crippen molar-refractivity contribution in [3.63, 3.8) is 0 Å². The molecule has 1 aromatic heterocycles. The van der Waals surface area contributed by atoms with Gasteiger partial charge in [-0.3, -0.25) is 9.59 Å². The molecule has 3 heterocycles. The molecule has 1 unspecified atom stereocenters. The highest BCUT2D eigenvalue weighted by molar-refractivity contribution is 5.96. The van der Waals surface area contributed by atoms with Crippen molar-refractivity contribution in [2.24, 2.45) is 17.8 Å². The lowest BCUT2D eigenvalue weighted by Crippen LogP contribution is -2.32. The maximum Gasteiger partial charge on any atom is 0.308 e. The van der Waals surface area contributed by atoms with E-state index in [1.54, 1.807) is 17.2 Å². The summed E-state index contributed by atoms with van der Waals surface area (Å²) in [6, 6.07) is 10.4. The third-order valence-electron chi connectivity index (χ3n) is 6.84. The number of hydrogen-bond acceptors (Lipinski definition) is 4. The Hall–Kier alpha value is -2.76. The van der Waals surface area contributed by atoms with Crippen LogP contribution >= 0.6 is 0 Å². The predicted molar refractivity (Wildman–Crippen MR) is 108 cm³/mol. The normalized spacial score (nSPS) is 26.0. The Labute approximate surface area is 170 Å². The van der Waals surface area contributed by atoms with Gasteiger partial charge in [-0.15, -0.1) is 0 Å². The molecule has 1 saturated carbocycles. The number of carboxylic acid groups (broad SMARTS) is 1. The average Bonchev–Trinajstić information content (AvgIpc) is 3.15. The molecule has 1 aliphatic carbocycles. The van der Waals surface area contributed by atoms with Crippen LogP contribution in [0, 0.1) is 17.8 Å². The highest BCUT2D eigenvalue weighted by atomic mass is 16.4. The van der Waals surface area contributed by atoms with Crippen molar-refractivity contribution in [2.45, 2.75) is 38.8 Å². The monoisotopic (exact) mass is 394 g/mol. The van der Waals surface area contributed by atoms with Crippen LogP contribution in [0.25, 0.3) is 0 Å². The zero-order valence-electron chi connectivity index (χ0n) is 16.6. The average molecular weight is 394 g/mol. The zero-order chi connectivity index (χ0) is 20.1. The van der Waals surface area contributed by atoms with Gasteiger partial charge in [-0.05, 0) is 55.7 Å². The molecule has 0 spiro atoms. The number of fused-ring (bicyclic) bond motifs is 1. The Morgan fingerprint density at radius 1 is 1.17 bits per heavy atom. The lowest BCUT2D eigenvalue weighted by atomic mass is 9.92. The molecule has 0 radical (unpaired) electrons. The molecule has 3 atom stereocenters. The number of carbonyl (C=O) groups excluding carboxylic acids is 1. The smallest absolute Gasteiger partial charge is 0.308 e. The third-order valence-corrected chi connectivity index (χ3v) is 6.84. The SMILES string of the molecule is CC1Cc2ccccc2N1Cc1occc1C(=O)N1C[C@H](C(=O)O)[C@@H](C2CC2)C1. The van der Waals surface area contributed by atoms with Crippen molar-refractivity contribution in [1.29, 1.82) is 0 Å². The van der Waals surface area contributed by atoms with Crippen molar-refractivity contribution in [2.75, 3.05) is 18.0 Å². The number of carboxylic acids is 1. The van der Waals surface area contributed by atoms with Gasteiger partial charge in [0.25, 0.3) is 5.91 Å². The molecule has 1 N–H and O–H groups in total. The minimum absolute atomic E-state index is 0.0808. The van der Waals surface area contributed by atoms with Crippen LogP contribution in [-0.4, -0.2) is 41.0 Å². The topological polar surface area (TPSA) is 74.0 Å². The Balaban J connectivity index is 1.35. The Morgan fingerprint density at radius 3 is 2.72 bits per heavy atom. The number of likely N-dealkylation sites (tertiary alicyclic amines) is 1. The van der Waals surface area contributed by atoms with Crippen molar-refractivity contribution >= 4 is 17.6 Å². The van der Waals surface area contributed by atoms with Gasteiger partial charge in [-0.25, -0.2) is 0 Å². The first-order valence-electron chi connectivity index (χ1n) is 10.5. The Morgan fingerprint density at radius 2 is 1.97 bits per heavy atom. The highest BCUT2D eigenvalue weighted by Gasteiger charge is 2.47. The quantitative estimate of drug-likeness (QED) is 0.841. The number of para-hydroxylation sites is 1. The summed E-state index contributed by atoms with van der Waals surface area (Å²) >= 11 is 0. The number of nitrogens with zero attached hydrogens (tertiary/aromatic N) is 2. The third kappa shape index (κ3) is 3.20. The molecule has 3 aliphatic rings. The molecule has 1 aromatic carbocycles. The van der Waals surface area contributed by atoms with Crippen LogP contribution in [0.3, 0.4) is 0 Å². The number of furan rings is 1. The van der Waals surface area contributed by atoms with E-state index < -0.39 is 11.9 Å². The summed E-state index contributed by atoms with van der Waals surface area (Å²) in [5.41, 5.74) is 3.06. The standard InChI is InChI=1S/C23H26N2O4/c1-14-10-16-4-2-3-5-20(16)25(14)13-21-17(8-9-29-21)22(26)24-11-18(15-6-7-15)19(12-24)23(27)28/h2-5,8-9,14-15,18-19H,6-7,10-13H2,1H3,(H,27,28)/t14?,18-,19+/m1/s1. The van der Waals surface area contributed by atoms with Gasteiger partial charge in [-0.1, -0.05) is 18.2 Å². The molecule has 6 nitrogen and oxygen atoms in total. The van der Waals surface area contributed by atoms with Crippen LogP contribution < -0.4 is 4.90 Å². The van der Waals surface area contributed by atoms with E-state index in [0.29, 0.717) is 42.9 Å². The first-order chi connectivity index (χ1) is 14.0. The van der Waals surface area contributed by atoms with E-state index in [-0.39, 0.29) is 11.8 Å². The molecule has 1 amide bonds. The summed E-state index contributed by atoms with van der Waals surface area (Å²) in [7, 11) is 0. The van der Waals surface area contributed by atoms with Crippen LogP contribution in [0.2, 0.25) is 0 Å². The molecule has 2 aromatic rings. The summed E-state index contributed by atoms with van der Waals surface area (Å²) in [6.07, 6.45) is 4.72. The minimum Gasteiger partial charge on any atom is -0.481 e. The molecule has 2 aliphatic heterocycles. The van der Waals surface area contributed by atoms with Crippen molar-refractivity contribution < 1.29 is 19.1 Å². The molecule has 2 fully saturated rings. The number of aliphatic carboxylic acids is 1. The number of benzene rings is 1. The minimum atomic E-state index is -0.785. The van der Waals surface area contributed by atoms with Crippen LogP contribution in [-0.2, 0) is 17.8 Å². The molecule has 152 valence electrons. The fourth-order valence-corrected chi connectivity index (χ4v) is 5.11. The van der Waals surface area contributed by atoms with Gasteiger partial charge >= 0.3 is 5.97 Å². The number of carbonyl (C=O) groups is 2. The second-order valence-corrected chi connectivity index (χ2v) is 8.72. The van der Waals surface area contributed by atoms with Crippen LogP contribution in [0.15, 0.2) is 41.0 Å². The van der Waals surface area contributed by atoms with Gasteiger partial charge < -0.3 is 19.3 Å². The lowest BCUT2D eigenvalue weighted by Gasteiger charge is -2.24. The fourth-order valence-electron chi connectivity index (χ4n) is 5.11. The maximum absolute atomic E-state index is 13.2. The first-order valence-corrected chi connectivity index (χ1v) is 10.5. The van der Waals surface area contributed by atoms with Crippen LogP contribution in [0.1, 0.15) is 41.4 Å². The van der Waals surface area contributed by atoms with Gasteiger partial charge in [0, 0.05) is 24.8 Å². The Bertz CT molecular complexity index is 948. The van der Waals surface area contributed by atoms with E-state index in [4.69, 9.17) is 4.42 Å². The number of anilines is 1. The van der Waals surface area contributed by atoms with Gasteiger partial charge in [0.1, 0.15) is 5.76 Å². The van der Waals surface area contributed by atoms with Crippen molar-refractivity contribution in [3.05, 3.63) is 53.5 Å². The van der Waals surface area contributed by atoms with Gasteiger partial charge in [0.2, 0.25) is 0 Å². The summed E-state index contributed by atoms with van der Waals surface area (Å²) in [4.78, 5) is 28.9. The molecule has 29 heavy (non-hydrogen) atoms. The van der Waals surface area contributed by atoms with Crippen molar-refractivity contribution in [1.82, 2.24) is 4.90 Å². The molecule has 1 saturated heterocycles. The van der Waals surface area contributed by atoms with Crippen LogP contribution in [0.5, 0.6) is 0 Å². The molecule has 0 bridgehead atoms. The summed E-state index contributed by atoms with van der Waals surface area (Å²) < 4.78 is 5.73. The Kier molecular flexibility index (Phi) is 4.37. The fraction of sp³-hybridized carbons (Fsp3) is 0.478. The second kappa shape index (κ2) is 6.94. The van der Waals surface area contributed by atoms with E-state index >= 15 is 0 Å². The summed E-state index contributed by atoms with van der Waals surface area (Å²) in [5.74, 6) is -0.153. The summed E-state index contributed by atoms with van der Waals surface area (Å²) in [6.45, 7) is 3.55. The molecule has 5 rings (SSSR count). The maximum atomic E-state index is 13.2. The van der Waals surface area contributed by atoms with Gasteiger partial charge in [0.05, 0.1) is 24.3 Å². The van der Waals surface area contributed by atoms with E-state index in [9.17, 15) is 14.7 Å². The van der Waals surface area contributed by atoms with E-state index in [0.717, 1.165) is 19.3 Å². The van der Waals surface area contributed by atoms with Crippen molar-refractivity contribution in [3.8, 4) is 0 Å². The summed E-state index contributed by atoms with van der Waals surface area (Å²) in [5, 5.41) is 9.59. The zero-order valence-corrected chi connectivity index (χ0v) is 16.6. The van der Waals surface area contributed by atoms with E-state index in [1.807, 2.05) is 6.07 Å². The van der Waals surface area contributed by atoms with Gasteiger partial charge in [-0.2, -0.15) is 0 Å². The lowest BCUT2D eigenvalue weighted by molar-refractivity contribution is -0.142. The number of hydrogen-bond donors (Lipinski definition) is 1. The van der Waals surface area contributed by atoms with E-state index in [1.165, 1.54) is 11.3 Å². The second-order valence-electron chi connectivity index (χ2n) is 8.72. The first kappa shape index (κ1) is 18.3. The number of rotatable bonds is 5. The van der Waals surface area contributed by atoms with E-state index in [2.05, 4.69) is 30.0 Å². The van der Waals surface area contributed by atoms with Gasteiger partial charge in [0.15, 0.2) is 0 Å². The van der Waals surface area contributed by atoms with Crippen LogP contribution in [0.4, 0.5) is 5.69 Å². The molecular formula is C23H26N2O4. The predicted octanol–water partition coefficient (Wildman–Crippen LogP) is 3.41. The highest BCUT2D eigenvalue weighted by Crippen LogP contribution is 2.44. The largest absolute Gasteiger partial charge is 0.481 e. The molecule has 6 heteroatoms. The molecular weight excluding hydrogens is 368 g/mol.